The summed E-state index contributed by atoms with van der Waals surface area (Å²) < 4.78 is 0. The number of nitrogens with zero attached hydrogens (tertiary/aromatic N) is 3. The van der Waals surface area contributed by atoms with Crippen molar-refractivity contribution in [3.05, 3.63) is 52.5 Å². The molecule has 1 fully saturated rings. The molecule has 1 unspecified atom stereocenters. The van der Waals surface area contributed by atoms with Crippen LogP contribution in [-0.4, -0.2) is 39.2 Å². The number of aliphatic hydroxyl groups excluding tert-OH is 1. The quantitative estimate of drug-likeness (QED) is 0.822. The standard InChI is InChI=1S/C22H30N4O/c1-16-24-21-11-5-4-10-20(21)22(25-16)23-13-17-7-2-3-8-18(17)14-26-12-6-9-19(26)15-27/h2-3,7-8,19,27H,4-6,9-15H2,1H3,(H,23,24,25). The zero-order valence-corrected chi connectivity index (χ0v) is 16.2. The number of fused-ring (bicyclic) bond motifs is 1. The van der Waals surface area contributed by atoms with Gasteiger partial charge < -0.3 is 10.4 Å². The van der Waals surface area contributed by atoms with Gasteiger partial charge in [-0.1, -0.05) is 24.3 Å². The van der Waals surface area contributed by atoms with E-state index in [-0.39, 0.29) is 6.61 Å². The molecule has 0 saturated carbocycles. The molecule has 2 aliphatic rings. The molecule has 1 aromatic heterocycles. The third-order valence-electron chi connectivity index (χ3n) is 5.94. The Morgan fingerprint density at radius 2 is 1.93 bits per heavy atom. The lowest BCUT2D eigenvalue weighted by atomic mass is 9.96. The Balaban J connectivity index is 1.50. The average Bonchev–Trinajstić information content (AvgIpc) is 3.14. The van der Waals surface area contributed by atoms with Crippen LogP contribution in [0.5, 0.6) is 0 Å². The third kappa shape index (κ3) is 4.14. The topological polar surface area (TPSA) is 61.3 Å². The van der Waals surface area contributed by atoms with Crippen LogP contribution in [0, 0.1) is 6.92 Å². The number of benzene rings is 1. The Hall–Kier alpha value is -1.98. The van der Waals surface area contributed by atoms with E-state index < -0.39 is 0 Å². The average molecular weight is 367 g/mol. The van der Waals surface area contributed by atoms with Crippen molar-refractivity contribution in [1.29, 1.82) is 0 Å². The van der Waals surface area contributed by atoms with E-state index in [0.29, 0.717) is 6.04 Å². The van der Waals surface area contributed by atoms with Crippen molar-refractivity contribution < 1.29 is 5.11 Å². The summed E-state index contributed by atoms with van der Waals surface area (Å²) in [4.78, 5) is 11.8. The van der Waals surface area contributed by atoms with Crippen LogP contribution in [0.2, 0.25) is 0 Å². The maximum atomic E-state index is 9.61. The lowest BCUT2D eigenvalue weighted by Crippen LogP contribution is -2.32. The van der Waals surface area contributed by atoms with Gasteiger partial charge in [0.2, 0.25) is 0 Å². The Morgan fingerprint density at radius 1 is 1.11 bits per heavy atom. The van der Waals surface area contributed by atoms with Gasteiger partial charge in [-0.05, 0) is 63.1 Å². The monoisotopic (exact) mass is 366 g/mol. The van der Waals surface area contributed by atoms with Crippen molar-refractivity contribution >= 4 is 5.82 Å². The molecule has 2 heterocycles. The Morgan fingerprint density at radius 3 is 2.78 bits per heavy atom. The van der Waals surface area contributed by atoms with Crippen LogP contribution in [0.4, 0.5) is 5.82 Å². The number of aliphatic hydroxyl groups is 1. The van der Waals surface area contributed by atoms with E-state index in [4.69, 9.17) is 4.98 Å². The first-order valence-corrected chi connectivity index (χ1v) is 10.3. The van der Waals surface area contributed by atoms with Crippen LogP contribution >= 0.6 is 0 Å². The highest BCUT2D eigenvalue weighted by molar-refractivity contribution is 5.48. The molecule has 1 aliphatic carbocycles. The summed E-state index contributed by atoms with van der Waals surface area (Å²) in [5, 5.41) is 13.2. The van der Waals surface area contributed by atoms with Crippen molar-refractivity contribution in [2.24, 2.45) is 0 Å². The highest BCUT2D eigenvalue weighted by atomic mass is 16.3. The molecular weight excluding hydrogens is 336 g/mol. The van der Waals surface area contributed by atoms with Crippen molar-refractivity contribution in [1.82, 2.24) is 14.9 Å². The maximum absolute atomic E-state index is 9.61. The number of nitrogens with one attached hydrogen (secondary N) is 1. The molecule has 2 N–H and O–H groups in total. The molecule has 144 valence electrons. The van der Waals surface area contributed by atoms with Crippen LogP contribution in [0.25, 0.3) is 0 Å². The van der Waals surface area contributed by atoms with Gasteiger partial charge in [0, 0.05) is 30.4 Å². The molecule has 1 aliphatic heterocycles. The van der Waals surface area contributed by atoms with Gasteiger partial charge >= 0.3 is 0 Å². The number of aryl methyl sites for hydroxylation is 2. The summed E-state index contributed by atoms with van der Waals surface area (Å²) in [5.74, 6) is 1.87. The fourth-order valence-corrected chi connectivity index (χ4v) is 4.46. The van der Waals surface area contributed by atoms with Crippen LogP contribution in [0.3, 0.4) is 0 Å². The molecule has 1 saturated heterocycles. The molecule has 0 amide bonds. The van der Waals surface area contributed by atoms with Gasteiger partial charge in [-0.15, -0.1) is 0 Å². The molecule has 4 rings (SSSR count). The maximum Gasteiger partial charge on any atom is 0.133 e. The summed E-state index contributed by atoms with van der Waals surface area (Å²) in [6, 6.07) is 8.94. The first-order valence-electron chi connectivity index (χ1n) is 10.3. The van der Waals surface area contributed by atoms with Crippen LogP contribution in [0.1, 0.15) is 53.9 Å². The molecular formula is C22H30N4O. The number of hydrogen-bond acceptors (Lipinski definition) is 5. The zero-order chi connectivity index (χ0) is 18.6. The van der Waals surface area contributed by atoms with Crippen LogP contribution < -0.4 is 5.32 Å². The van der Waals surface area contributed by atoms with Crippen molar-refractivity contribution in [2.45, 2.75) is 64.6 Å². The van der Waals surface area contributed by atoms with Crippen molar-refractivity contribution in [2.75, 3.05) is 18.5 Å². The summed E-state index contributed by atoms with van der Waals surface area (Å²) >= 11 is 0. The first-order chi connectivity index (χ1) is 13.2. The van der Waals surface area contributed by atoms with E-state index in [0.717, 1.165) is 50.5 Å². The summed E-state index contributed by atoms with van der Waals surface area (Å²) in [6.07, 6.45) is 6.88. The van der Waals surface area contributed by atoms with E-state index in [2.05, 4.69) is 39.5 Å². The largest absolute Gasteiger partial charge is 0.395 e. The molecule has 2 aromatic rings. The van der Waals surface area contributed by atoms with Gasteiger partial charge in [-0.2, -0.15) is 0 Å². The smallest absolute Gasteiger partial charge is 0.133 e. The van der Waals surface area contributed by atoms with Crippen molar-refractivity contribution in [3.63, 3.8) is 0 Å². The Bertz CT molecular complexity index is 792. The lowest BCUT2D eigenvalue weighted by molar-refractivity contribution is 0.153. The predicted octanol–water partition coefficient (Wildman–Crippen LogP) is 3.23. The number of likely N-dealkylation sites (tertiary alicyclic amines) is 1. The molecule has 0 radical (unpaired) electrons. The van der Waals surface area contributed by atoms with Gasteiger partial charge in [0.1, 0.15) is 11.6 Å². The minimum absolute atomic E-state index is 0.257. The first kappa shape index (κ1) is 18.4. The van der Waals surface area contributed by atoms with E-state index in [1.807, 2.05) is 6.92 Å². The minimum atomic E-state index is 0.257. The van der Waals surface area contributed by atoms with E-state index in [1.54, 1.807) is 0 Å². The number of anilines is 1. The second kappa shape index (κ2) is 8.36. The predicted molar refractivity (Wildman–Crippen MR) is 108 cm³/mol. The van der Waals surface area contributed by atoms with Gasteiger partial charge in [0.15, 0.2) is 0 Å². The number of aromatic nitrogens is 2. The third-order valence-corrected chi connectivity index (χ3v) is 5.94. The Labute approximate surface area is 161 Å². The SMILES string of the molecule is Cc1nc2c(c(NCc3ccccc3CN3CCCC3CO)n1)CCCC2. The molecule has 0 spiro atoms. The summed E-state index contributed by atoms with van der Waals surface area (Å²) in [7, 11) is 0. The Kier molecular flexibility index (Phi) is 5.69. The highest BCUT2D eigenvalue weighted by Crippen LogP contribution is 2.26. The van der Waals surface area contributed by atoms with Crippen molar-refractivity contribution in [3.8, 4) is 0 Å². The molecule has 5 nitrogen and oxygen atoms in total. The van der Waals surface area contributed by atoms with E-state index >= 15 is 0 Å². The fraction of sp³-hybridized carbons (Fsp3) is 0.545. The zero-order valence-electron chi connectivity index (χ0n) is 16.2. The van der Waals surface area contributed by atoms with Gasteiger partial charge in [-0.3, -0.25) is 4.90 Å². The van der Waals surface area contributed by atoms with Gasteiger partial charge in [0.25, 0.3) is 0 Å². The summed E-state index contributed by atoms with van der Waals surface area (Å²) in [5.41, 5.74) is 5.18. The minimum Gasteiger partial charge on any atom is -0.395 e. The molecule has 1 aromatic carbocycles. The fourth-order valence-electron chi connectivity index (χ4n) is 4.46. The second-order valence-corrected chi connectivity index (χ2v) is 7.82. The van der Waals surface area contributed by atoms with Crippen LogP contribution in [0.15, 0.2) is 24.3 Å². The second-order valence-electron chi connectivity index (χ2n) is 7.82. The van der Waals surface area contributed by atoms with Crippen LogP contribution in [-0.2, 0) is 25.9 Å². The van der Waals surface area contributed by atoms with Gasteiger partial charge in [0.05, 0.1) is 6.61 Å². The number of rotatable bonds is 6. The molecule has 0 bridgehead atoms. The molecule has 1 atom stereocenters. The van der Waals surface area contributed by atoms with Gasteiger partial charge in [-0.25, -0.2) is 9.97 Å². The van der Waals surface area contributed by atoms with E-state index in [1.165, 1.54) is 41.6 Å². The molecule has 27 heavy (non-hydrogen) atoms. The van der Waals surface area contributed by atoms with E-state index in [9.17, 15) is 5.11 Å². The normalized spacial score (nSPS) is 19.9. The number of hydrogen-bond donors (Lipinski definition) is 2. The molecule has 5 heteroatoms. The summed E-state index contributed by atoms with van der Waals surface area (Å²) in [6.45, 7) is 5.00. The lowest BCUT2D eigenvalue weighted by Gasteiger charge is -2.24. The highest BCUT2D eigenvalue weighted by Gasteiger charge is 2.24.